The van der Waals surface area contributed by atoms with Crippen molar-refractivity contribution in [3.05, 3.63) is 76.9 Å². The highest BCUT2D eigenvalue weighted by molar-refractivity contribution is 6.05. The maximum Gasteiger partial charge on any atom is 0.294 e. The molecule has 2 aromatic heterocycles. The maximum atomic E-state index is 12.8. The van der Waals surface area contributed by atoms with Gasteiger partial charge in [0.15, 0.2) is 5.82 Å². The number of nitro benzene ring substituents is 1. The van der Waals surface area contributed by atoms with Crippen LogP contribution >= 0.6 is 0 Å². The van der Waals surface area contributed by atoms with Gasteiger partial charge in [-0.1, -0.05) is 12.1 Å². The predicted octanol–water partition coefficient (Wildman–Crippen LogP) is 3.02. The number of nitro groups is 1. The quantitative estimate of drug-likeness (QED) is 0.377. The Bertz CT molecular complexity index is 1280. The molecule has 0 radical (unpaired) electrons. The molecular weight excluding hydrogens is 400 g/mol. The smallest absolute Gasteiger partial charge is 0.294 e. The standard InChI is InChI=1S/C20H16N8O3/c29-20(14-4-7-17(18(11-14)28(30)31)26-9-8-21-12-26)22-15-3-1-2-13(10-15)19-23-24-25-27(19)16-5-6-16/h1-4,7-12,16H,5-6H2,(H,22,29). The van der Waals surface area contributed by atoms with Crippen molar-refractivity contribution >= 4 is 17.3 Å². The van der Waals surface area contributed by atoms with E-state index in [4.69, 9.17) is 0 Å². The van der Waals surface area contributed by atoms with Gasteiger partial charge in [-0.2, -0.15) is 0 Å². The highest BCUT2D eigenvalue weighted by atomic mass is 16.6. The normalized spacial score (nSPS) is 13.2. The van der Waals surface area contributed by atoms with E-state index >= 15 is 0 Å². The second kappa shape index (κ2) is 7.44. The number of benzene rings is 2. The minimum Gasteiger partial charge on any atom is -0.322 e. The lowest BCUT2D eigenvalue weighted by atomic mass is 10.1. The lowest BCUT2D eigenvalue weighted by molar-refractivity contribution is -0.384. The number of amides is 1. The topological polar surface area (TPSA) is 134 Å². The van der Waals surface area contributed by atoms with Crippen molar-refractivity contribution < 1.29 is 9.72 Å². The van der Waals surface area contributed by atoms with Crippen molar-refractivity contribution in [3.63, 3.8) is 0 Å². The Morgan fingerprint density at radius 2 is 2.06 bits per heavy atom. The first-order valence-corrected chi connectivity index (χ1v) is 9.56. The molecule has 154 valence electrons. The van der Waals surface area contributed by atoms with E-state index < -0.39 is 10.8 Å². The van der Waals surface area contributed by atoms with Crippen molar-refractivity contribution in [2.75, 3.05) is 5.32 Å². The van der Waals surface area contributed by atoms with Gasteiger partial charge < -0.3 is 9.88 Å². The van der Waals surface area contributed by atoms with Crippen LogP contribution in [0.1, 0.15) is 29.2 Å². The molecular formula is C20H16N8O3. The van der Waals surface area contributed by atoms with Crippen LogP contribution in [0.3, 0.4) is 0 Å². The third-order valence-electron chi connectivity index (χ3n) is 4.98. The fraction of sp³-hybridized carbons (Fsp3) is 0.150. The van der Waals surface area contributed by atoms with Crippen molar-refractivity contribution in [2.24, 2.45) is 0 Å². The molecule has 0 atom stereocenters. The third kappa shape index (κ3) is 3.64. The Morgan fingerprint density at radius 3 is 2.81 bits per heavy atom. The number of hydrogen-bond acceptors (Lipinski definition) is 7. The molecule has 0 bridgehead atoms. The van der Waals surface area contributed by atoms with Gasteiger partial charge in [0.2, 0.25) is 0 Å². The predicted molar refractivity (Wildman–Crippen MR) is 110 cm³/mol. The number of aromatic nitrogens is 6. The van der Waals surface area contributed by atoms with Crippen molar-refractivity contribution in [1.29, 1.82) is 0 Å². The lowest BCUT2D eigenvalue weighted by Gasteiger charge is -2.09. The van der Waals surface area contributed by atoms with Crippen LogP contribution < -0.4 is 5.32 Å². The molecule has 0 unspecified atom stereocenters. The average Bonchev–Trinajstić information content (AvgIpc) is 3.26. The summed E-state index contributed by atoms with van der Waals surface area (Å²) in [6.07, 6.45) is 6.67. The second-order valence-electron chi connectivity index (χ2n) is 7.14. The Kier molecular flexibility index (Phi) is 4.47. The average molecular weight is 416 g/mol. The van der Waals surface area contributed by atoms with Gasteiger partial charge in [-0.15, -0.1) is 5.10 Å². The monoisotopic (exact) mass is 416 g/mol. The van der Waals surface area contributed by atoms with E-state index in [0.29, 0.717) is 23.2 Å². The van der Waals surface area contributed by atoms with Crippen molar-refractivity contribution in [2.45, 2.75) is 18.9 Å². The SMILES string of the molecule is O=C(Nc1cccc(-c2nnnn2C2CC2)c1)c1ccc(-n2ccnc2)c([N+](=O)[O-])c1. The lowest BCUT2D eigenvalue weighted by Crippen LogP contribution is -2.13. The summed E-state index contributed by atoms with van der Waals surface area (Å²) in [7, 11) is 0. The number of carbonyl (C=O) groups is 1. The number of tetrazole rings is 1. The van der Waals surface area contributed by atoms with Crippen LogP contribution in [0.25, 0.3) is 17.1 Å². The molecule has 1 aliphatic rings. The molecule has 1 aliphatic carbocycles. The van der Waals surface area contributed by atoms with Gasteiger partial charge in [0, 0.05) is 35.3 Å². The van der Waals surface area contributed by atoms with Crippen LogP contribution in [0.4, 0.5) is 11.4 Å². The van der Waals surface area contributed by atoms with E-state index in [0.717, 1.165) is 18.4 Å². The van der Waals surface area contributed by atoms with Gasteiger partial charge in [-0.25, -0.2) is 9.67 Å². The van der Waals surface area contributed by atoms with Gasteiger partial charge in [-0.05, 0) is 47.5 Å². The number of nitrogens with one attached hydrogen (secondary N) is 1. The summed E-state index contributed by atoms with van der Waals surface area (Å²) in [5.41, 5.74) is 1.62. The molecule has 2 heterocycles. The number of anilines is 1. The molecule has 1 N–H and O–H groups in total. The van der Waals surface area contributed by atoms with E-state index in [1.54, 1.807) is 29.1 Å². The molecule has 2 aromatic carbocycles. The van der Waals surface area contributed by atoms with Gasteiger partial charge in [-0.3, -0.25) is 14.9 Å². The number of rotatable bonds is 6. The first-order valence-electron chi connectivity index (χ1n) is 9.56. The summed E-state index contributed by atoms with van der Waals surface area (Å²) in [5.74, 6) is 0.179. The molecule has 1 saturated carbocycles. The van der Waals surface area contributed by atoms with E-state index in [1.807, 2.05) is 6.07 Å². The molecule has 0 aliphatic heterocycles. The minimum atomic E-state index is -0.523. The number of imidazole rings is 1. The number of hydrogen-bond donors (Lipinski definition) is 1. The van der Waals surface area contributed by atoms with Crippen LogP contribution in [0.5, 0.6) is 0 Å². The van der Waals surface area contributed by atoms with Gasteiger partial charge in [0.05, 0.1) is 17.3 Å². The van der Waals surface area contributed by atoms with Crippen LogP contribution in [-0.2, 0) is 0 Å². The first-order chi connectivity index (χ1) is 15.1. The summed E-state index contributed by atoms with van der Waals surface area (Å²) >= 11 is 0. The molecule has 1 fully saturated rings. The third-order valence-corrected chi connectivity index (χ3v) is 4.98. The molecule has 31 heavy (non-hydrogen) atoms. The number of carbonyl (C=O) groups excluding carboxylic acids is 1. The molecule has 5 rings (SSSR count). The molecule has 1 amide bonds. The number of nitrogens with zero attached hydrogens (tertiary/aromatic N) is 7. The van der Waals surface area contributed by atoms with Crippen LogP contribution in [0.15, 0.2) is 61.2 Å². The Labute approximate surface area is 175 Å². The highest BCUT2D eigenvalue weighted by Crippen LogP contribution is 2.36. The second-order valence-corrected chi connectivity index (χ2v) is 7.14. The van der Waals surface area contributed by atoms with E-state index in [1.165, 1.54) is 35.3 Å². The first kappa shape index (κ1) is 18.6. The van der Waals surface area contributed by atoms with E-state index in [2.05, 4.69) is 25.8 Å². The molecule has 11 nitrogen and oxygen atoms in total. The summed E-state index contributed by atoms with van der Waals surface area (Å²) in [6, 6.07) is 11.8. The van der Waals surface area contributed by atoms with Crippen molar-refractivity contribution in [3.8, 4) is 17.1 Å². The fourth-order valence-electron chi connectivity index (χ4n) is 3.32. The molecule has 0 spiro atoms. The Balaban J connectivity index is 1.41. The molecule has 4 aromatic rings. The molecule has 0 saturated heterocycles. The zero-order valence-corrected chi connectivity index (χ0v) is 16.1. The summed E-state index contributed by atoms with van der Waals surface area (Å²) in [4.78, 5) is 27.7. The van der Waals surface area contributed by atoms with E-state index in [9.17, 15) is 14.9 Å². The largest absolute Gasteiger partial charge is 0.322 e. The van der Waals surface area contributed by atoms with Crippen LogP contribution in [0.2, 0.25) is 0 Å². The zero-order chi connectivity index (χ0) is 21.4. The Morgan fingerprint density at radius 1 is 1.19 bits per heavy atom. The van der Waals surface area contributed by atoms with Crippen LogP contribution in [-0.4, -0.2) is 40.6 Å². The van der Waals surface area contributed by atoms with Crippen LogP contribution in [0, 0.1) is 10.1 Å². The minimum absolute atomic E-state index is 0.170. The van der Waals surface area contributed by atoms with Crippen molar-refractivity contribution in [1.82, 2.24) is 29.8 Å². The zero-order valence-electron chi connectivity index (χ0n) is 16.1. The summed E-state index contributed by atoms with van der Waals surface area (Å²) in [5, 5.41) is 26.2. The summed E-state index contributed by atoms with van der Waals surface area (Å²) < 4.78 is 3.31. The Hall–Kier alpha value is -4.41. The highest BCUT2D eigenvalue weighted by Gasteiger charge is 2.28. The fourth-order valence-corrected chi connectivity index (χ4v) is 3.32. The van der Waals surface area contributed by atoms with Gasteiger partial charge in [0.25, 0.3) is 11.6 Å². The summed E-state index contributed by atoms with van der Waals surface area (Å²) in [6.45, 7) is 0. The maximum absolute atomic E-state index is 12.8. The van der Waals surface area contributed by atoms with Gasteiger partial charge >= 0.3 is 0 Å². The molecule has 11 heteroatoms. The van der Waals surface area contributed by atoms with Gasteiger partial charge in [0.1, 0.15) is 5.69 Å². The van der Waals surface area contributed by atoms with E-state index in [-0.39, 0.29) is 11.3 Å².